The van der Waals surface area contributed by atoms with E-state index in [4.69, 9.17) is 0 Å². The van der Waals surface area contributed by atoms with Gasteiger partial charge in [-0.15, -0.1) is 12.4 Å². The first-order valence-corrected chi connectivity index (χ1v) is 6.56. The maximum absolute atomic E-state index is 11.4. The van der Waals surface area contributed by atoms with Crippen LogP contribution in [0.3, 0.4) is 0 Å². The van der Waals surface area contributed by atoms with Crippen LogP contribution in [0.4, 0.5) is 5.69 Å². The van der Waals surface area contributed by atoms with Gasteiger partial charge in [0.2, 0.25) is 0 Å². The standard InChI is InChI=1S/C14H21N3O.ClH/c1-15-14(18)12-2-4-13(5-3-12)17-10-11-6-8-16-9-7-11;/h2-5,11,16-17H,6-10H2,1H3,(H,15,18);1H. The lowest BCUT2D eigenvalue weighted by Crippen LogP contribution is -2.31. The molecule has 106 valence electrons. The van der Waals surface area contributed by atoms with Gasteiger partial charge in [0.05, 0.1) is 0 Å². The molecule has 0 atom stereocenters. The van der Waals surface area contributed by atoms with Crippen LogP contribution in [0.5, 0.6) is 0 Å². The van der Waals surface area contributed by atoms with E-state index in [9.17, 15) is 4.79 Å². The van der Waals surface area contributed by atoms with Gasteiger partial charge in [0, 0.05) is 24.8 Å². The molecule has 0 radical (unpaired) electrons. The van der Waals surface area contributed by atoms with Gasteiger partial charge in [-0.05, 0) is 56.1 Å². The molecule has 5 heteroatoms. The number of piperidine rings is 1. The summed E-state index contributed by atoms with van der Waals surface area (Å²) in [6, 6.07) is 7.63. The van der Waals surface area contributed by atoms with Crippen molar-refractivity contribution in [2.45, 2.75) is 12.8 Å². The van der Waals surface area contributed by atoms with E-state index in [1.807, 2.05) is 24.3 Å². The molecule has 0 saturated carbocycles. The van der Waals surface area contributed by atoms with Crippen LogP contribution in [-0.2, 0) is 0 Å². The Morgan fingerprint density at radius 3 is 2.47 bits per heavy atom. The van der Waals surface area contributed by atoms with Crippen molar-refractivity contribution in [3.8, 4) is 0 Å². The highest BCUT2D eigenvalue weighted by molar-refractivity contribution is 5.94. The highest BCUT2D eigenvalue weighted by Crippen LogP contribution is 2.14. The molecule has 1 saturated heterocycles. The van der Waals surface area contributed by atoms with Crippen LogP contribution >= 0.6 is 12.4 Å². The number of rotatable bonds is 4. The number of carbonyl (C=O) groups is 1. The quantitative estimate of drug-likeness (QED) is 0.791. The molecule has 1 aliphatic rings. The van der Waals surface area contributed by atoms with Crippen LogP contribution < -0.4 is 16.0 Å². The smallest absolute Gasteiger partial charge is 0.251 e. The summed E-state index contributed by atoms with van der Waals surface area (Å²) >= 11 is 0. The van der Waals surface area contributed by atoms with Gasteiger partial charge >= 0.3 is 0 Å². The summed E-state index contributed by atoms with van der Waals surface area (Å²) in [6.45, 7) is 3.27. The number of halogens is 1. The number of hydrogen-bond acceptors (Lipinski definition) is 3. The third-order valence-corrected chi connectivity index (χ3v) is 3.43. The molecular formula is C14H22ClN3O. The molecular weight excluding hydrogens is 262 g/mol. The zero-order valence-corrected chi connectivity index (χ0v) is 12.1. The number of hydrogen-bond donors (Lipinski definition) is 3. The number of nitrogens with one attached hydrogen (secondary N) is 3. The summed E-state index contributed by atoms with van der Waals surface area (Å²) in [5.74, 6) is 0.713. The van der Waals surface area contributed by atoms with Gasteiger partial charge in [-0.25, -0.2) is 0 Å². The summed E-state index contributed by atoms with van der Waals surface area (Å²) in [7, 11) is 1.64. The van der Waals surface area contributed by atoms with Crippen LogP contribution in [0.1, 0.15) is 23.2 Å². The Morgan fingerprint density at radius 1 is 1.26 bits per heavy atom. The molecule has 0 unspecified atom stereocenters. The lowest BCUT2D eigenvalue weighted by atomic mass is 9.98. The Labute approximate surface area is 120 Å². The van der Waals surface area contributed by atoms with E-state index in [1.54, 1.807) is 7.05 Å². The number of benzene rings is 1. The molecule has 1 heterocycles. The Balaban J connectivity index is 0.00000180. The Kier molecular flexibility index (Phi) is 6.67. The van der Waals surface area contributed by atoms with Crippen LogP contribution in [0.2, 0.25) is 0 Å². The van der Waals surface area contributed by atoms with E-state index in [2.05, 4.69) is 16.0 Å². The van der Waals surface area contributed by atoms with E-state index in [0.29, 0.717) is 5.56 Å². The molecule has 0 aromatic heterocycles. The third-order valence-electron chi connectivity index (χ3n) is 3.43. The first-order valence-electron chi connectivity index (χ1n) is 6.56. The minimum absolute atomic E-state index is 0. The lowest BCUT2D eigenvalue weighted by Gasteiger charge is -2.23. The average Bonchev–Trinajstić information content (AvgIpc) is 2.46. The lowest BCUT2D eigenvalue weighted by molar-refractivity contribution is 0.0963. The second-order valence-electron chi connectivity index (χ2n) is 4.73. The zero-order chi connectivity index (χ0) is 12.8. The van der Waals surface area contributed by atoms with Crippen molar-refractivity contribution in [1.29, 1.82) is 0 Å². The largest absolute Gasteiger partial charge is 0.385 e. The minimum Gasteiger partial charge on any atom is -0.385 e. The van der Waals surface area contributed by atoms with Crippen molar-refractivity contribution in [3.05, 3.63) is 29.8 Å². The van der Waals surface area contributed by atoms with E-state index in [0.717, 1.165) is 31.2 Å². The summed E-state index contributed by atoms with van der Waals surface area (Å²) in [5.41, 5.74) is 1.78. The molecule has 2 rings (SSSR count). The highest BCUT2D eigenvalue weighted by atomic mass is 35.5. The van der Waals surface area contributed by atoms with Crippen LogP contribution in [0.15, 0.2) is 24.3 Å². The van der Waals surface area contributed by atoms with Crippen molar-refractivity contribution >= 4 is 24.0 Å². The van der Waals surface area contributed by atoms with E-state index in [-0.39, 0.29) is 18.3 Å². The van der Waals surface area contributed by atoms with Crippen molar-refractivity contribution in [2.24, 2.45) is 5.92 Å². The molecule has 1 fully saturated rings. The van der Waals surface area contributed by atoms with Crippen molar-refractivity contribution in [1.82, 2.24) is 10.6 Å². The van der Waals surface area contributed by atoms with E-state index in [1.165, 1.54) is 12.8 Å². The Morgan fingerprint density at radius 2 is 1.89 bits per heavy atom. The molecule has 19 heavy (non-hydrogen) atoms. The van der Waals surface area contributed by atoms with Crippen LogP contribution in [0, 0.1) is 5.92 Å². The maximum atomic E-state index is 11.4. The highest BCUT2D eigenvalue weighted by Gasteiger charge is 2.12. The van der Waals surface area contributed by atoms with Crippen LogP contribution in [-0.4, -0.2) is 32.6 Å². The zero-order valence-electron chi connectivity index (χ0n) is 11.2. The fourth-order valence-corrected chi connectivity index (χ4v) is 2.23. The van der Waals surface area contributed by atoms with Gasteiger partial charge in [-0.2, -0.15) is 0 Å². The SMILES string of the molecule is CNC(=O)c1ccc(NCC2CCNCC2)cc1.Cl. The summed E-state index contributed by atoms with van der Waals surface area (Å²) < 4.78 is 0. The molecule has 0 spiro atoms. The third kappa shape index (κ3) is 4.73. The van der Waals surface area contributed by atoms with Crippen molar-refractivity contribution in [2.75, 3.05) is 32.0 Å². The number of carbonyl (C=O) groups excluding carboxylic acids is 1. The molecule has 1 aliphatic heterocycles. The first-order chi connectivity index (χ1) is 8.79. The monoisotopic (exact) mass is 283 g/mol. The predicted molar refractivity (Wildman–Crippen MR) is 81.2 cm³/mol. The van der Waals surface area contributed by atoms with Gasteiger partial charge in [-0.3, -0.25) is 4.79 Å². The second-order valence-corrected chi connectivity index (χ2v) is 4.73. The molecule has 0 bridgehead atoms. The van der Waals surface area contributed by atoms with Crippen molar-refractivity contribution in [3.63, 3.8) is 0 Å². The number of anilines is 1. The Hall–Kier alpha value is -1.26. The van der Waals surface area contributed by atoms with Gasteiger partial charge in [0.1, 0.15) is 0 Å². The van der Waals surface area contributed by atoms with Crippen LogP contribution in [0.25, 0.3) is 0 Å². The average molecular weight is 284 g/mol. The minimum atomic E-state index is -0.0418. The molecule has 3 N–H and O–H groups in total. The first kappa shape index (κ1) is 15.8. The molecule has 1 aromatic rings. The molecule has 0 aliphatic carbocycles. The van der Waals surface area contributed by atoms with Gasteiger partial charge in [0.25, 0.3) is 5.91 Å². The molecule has 1 amide bonds. The summed E-state index contributed by atoms with van der Waals surface area (Å²) in [5, 5.41) is 9.42. The predicted octanol–water partition coefficient (Wildman–Crippen LogP) is 1.88. The normalized spacial score (nSPS) is 15.4. The van der Waals surface area contributed by atoms with Crippen molar-refractivity contribution < 1.29 is 4.79 Å². The van der Waals surface area contributed by atoms with Gasteiger partial charge in [0.15, 0.2) is 0 Å². The fourth-order valence-electron chi connectivity index (χ4n) is 2.23. The molecule has 4 nitrogen and oxygen atoms in total. The topological polar surface area (TPSA) is 53.2 Å². The number of amides is 1. The van der Waals surface area contributed by atoms with E-state index >= 15 is 0 Å². The molecule has 1 aromatic carbocycles. The van der Waals surface area contributed by atoms with Gasteiger partial charge in [-0.1, -0.05) is 0 Å². The Bertz CT molecular complexity index is 388. The summed E-state index contributed by atoms with van der Waals surface area (Å²) in [4.78, 5) is 11.4. The summed E-state index contributed by atoms with van der Waals surface area (Å²) in [6.07, 6.45) is 2.48. The maximum Gasteiger partial charge on any atom is 0.251 e. The second kappa shape index (κ2) is 8.02. The van der Waals surface area contributed by atoms with Gasteiger partial charge < -0.3 is 16.0 Å². The fraction of sp³-hybridized carbons (Fsp3) is 0.500. The van der Waals surface area contributed by atoms with E-state index < -0.39 is 0 Å².